The lowest BCUT2D eigenvalue weighted by molar-refractivity contribution is -0.120. The molecule has 1 aliphatic heterocycles. The molecule has 0 radical (unpaired) electrons. The van der Waals surface area contributed by atoms with Gasteiger partial charge < -0.3 is 10.6 Å². The zero-order valence-electron chi connectivity index (χ0n) is 12.6. The lowest BCUT2D eigenvalue weighted by Crippen LogP contribution is -2.40. The molecule has 1 amide bonds. The lowest BCUT2D eigenvalue weighted by atomic mass is 10.1. The van der Waals surface area contributed by atoms with Crippen LogP contribution in [0.1, 0.15) is 24.4 Å². The van der Waals surface area contributed by atoms with Crippen LogP contribution in [0.15, 0.2) is 43.0 Å². The van der Waals surface area contributed by atoms with E-state index < -0.39 is 0 Å². The van der Waals surface area contributed by atoms with Crippen LogP contribution in [0.2, 0.25) is 0 Å². The molecular formula is C17H25N3O. The van der Waals surface area contributed by atoms with Crippen molar-refractivity contribution in [1.82, 2.24) is 15.5 Å². The Morgan fingerprint density at radius 1 is 1.29 bits per heavy atom. The van der Waals surface area contributed by atoms with Gasteiger partial charge in [-0.05, 0) is 31.5 Å². The van der Waals surface area contributed by atoms with Crippen molar-refractivity contribution in [3.8, 4) is 0 Å². The van der Waals surface area contributed by atoms with Crippen LogP contribution in [-0.4, -0.2) is 43.5 Å². The lowest BCUT2D eigenvalue weighted by Gasteiger charge is -2.28. The minimum absolute atomic E-state index is 0.0389. The molecule has 1 aromatic carbocycles. The van der Waals surface area contributed by atoms with Crippen molar-refractivity contribution in [2.45, 2.75) is 18.9 Å². The van der Waals surface area contributed by atoms with Gasteiger partial charge in [0.15, 0.2) is 0 Å². The van der Waals surface area contributed by atoms with Gasteiger partial charge in [-0.15, -0.1) is 6.58 Å². The normalized spacial score (nSPS) is 16.6. The van der Waals surface area contributed by atoms with Crippen LogP contribution in [0.3, 0.4) is 0 Å². The van der Waals surface area contributed by atoms with Crippen LogP contribution in [0.5, 0.6) is 0 Å². The highest BCUT2D eigenvalue weighted by atomic mass is 16.1. The van der Waals surface area contributed by atoms with Gasteiger partial charge in [-0.3, -0.25) is 9.69 Å². The van der Waals surface area contributed by atoms with E-state index in [1.54, 1.807) is 6.08 Å². The standard InChI is InChI=1S/C17H25N3O/c1-2-10-18-14-17(21)19-13-16(20-11-6-7-12-20)15-8-4-3-5-9-15/h2-5,8-9,16,18H,1,6-7,10-14H2,(H,19,21). The predicted molar refractivity (Wildman–Crippen MR) is 86.1 cm³/mol. The number of hydrogen-bond donors (Lipinski definition) is 2. The summed E-state index contributed by atoms with van der Waals surface area (Å²) in [5, 5.41) is 6.06. The maximum Gasteiger partial charge on any atom is 0.234 e. The molecule has 1 heterocycles. The van der Waals surface area contributed by atoms with Gasteiger partial charge in [0.2, 0.25) is 5.91 Å². The van der Waals surface area contributed by atoms with E-state index in [-0.39, 0.29) is 11.9 Å². The van der Waals surface area contributed by atoms with Crippen LogP contribution in [0.25, 0.3) is 0 Å². The van der Waals surface area contributed by atoms with Gasteiger partial charge in [0.05, 0.1) is 12.6 Å². The molecule has 1 saturated heterocycles. The highest BCUT2D eigenvalue weighted by molar-refractivity contribution is 5.78. The van der Waals surface area contributed by atoms with Crippen molar-refractivity contribution in [3.63, 3.8) is 0 Å². The smallest absolute Gasteiger partial charge is 0.234 e. The second-order valence-corrected chi connectivity index (χ2v) is 5.39. The second-order valence-electron chi connectivity index (χ2n) is 5.39. The minimum Gasteiger partial charge on any atom is -0.353 e. The predicted octanol–water partition coefficient (Wildman–Crippen LogP) is 1.72. The molecular weight excluding hydrogens is 262 g/mol. The largest absolute Gasteiger partial charge is 0.353 e. The maximum atomic E-state index is 11.8. The van der Waals surface area contributed by atoms with Crippen LogP contribution >= 0.6 is 0 Å². The number of hydrogen-bond acceptors (Lipinski definition) is 3. The third kappa shape index (κ3) is 4.99. The minimum atomic E-state index is 0.0389. The van der Waals surface area contributed by atoms with Gasteiger partial charge in [-0.25, -0.2) is 0 Å². The molecule has 2 rings (SSSR count). The van der Waals surface area contributed by atoms with Gasteiger partial charge in [0, 0.05) is 13.1 Å². The third-order valence-corrected chi connectivity index (χ3v) is 3.83. The molecule has 1 unspecified atom stereocenters. The number of amides is 1. The number of likely N-dealkylation sites (tertiary alicyclic amines) is 1. The molecule has 1 aromatic rings. The molecule has 4 nitrogen and oxygen atoms in total. The second kappa shape index (κ2) is 8.60. The van der Waals surface area contributed by atoms with E-state index in [1.165, 1.54) is 18.4 Å². The first kappa shape index (κ1) is 15.7. The number of nitrogens with one attached hydrogen (secondary N) is 2. The Bertz CT molecular complexity index is 441. The zero-order chi connectivity index (χ0) is 14.9. The van der Waals surface area contributed by atoms with Gasteiger partial charge in [0.1, 0.15) is 0 Å². The third-order valence-electron chi connectivity index (χ3n) is 3.83. The summed E-state index contributed by atoms with van der Waals surface area (Å²) in [5.41, 5.74) is 1.28. The SMILES string of the molecule is C=CCNCC(=O)NCC(c1ccccc1)N1CCCC1. The van der Waals surface area contributed by atoms with Crippen molar-refractivity contribution in [1.29, 1.82) is 0 Å². The topological polar surface area (TPSA) is 44.4 Å². The molecule has 0 aliphatic carbocycles. The highest BCUT2D eigenvalue weighted by Crippen LogP contribution is 2.24. The maximum absolute atomic E-state index is 11.8. The molecule has 1 atom stereocenters. The van der Waals surface area contributed by atoms with Crippen molar-refractivity contribution >= 4 is 5.91 Å². The fourth-order valence-electron chi connectivity index (χ4n) is 2.75. The number of benzene rings is 1. The molecule has 21 heavy (non-hydrogen) atoms. The molecule has 0 aromatic heterocycles. The summed E-state index contributed by atoms with van der Waals surface area (Å²) in [7, 11) is 0. The van der Waals surface area contributed by atoms with E-state index in [0.717, 1.165) is 13.1 Å². The average Bonchev–Trinajstić information content (AvgIpc) is 3.03. The Hall–Kier alpha value is -1.65. The van der Waals surface area contributed by atoms with E-state index in [4.69, 9.17) is 0 Å². The molecule has 2 N–H and O–H groups in total. The molecule has 0 saturated carbocycles. The fraction of sp³-hybridized carbons (Fsp3) is 0.471. The van der Waals surface area contributed by atoms with Gasteiger partial charge in [-0.2, -0.15) is 0 Å². The summed E-state index contributed by atoms with van der Waals surface area (Å²) in [6.07, 6.45) is 4.25. The first-order chi connectivity index (χ1) is 10.3. The van der Waals surface area contributed by atoms with Crippen LogP contribution in [0.4, 0.5) is 0 Å². The Labute approximate surface area is 127 Å². The monoisotopic (exact) mass is 287 g/mol. The molecule has 0 spiro atoms. The summed E-state index contributed by atoms with van der Waals surface area (Å²) in [4.78, 5) is 14.3. The van der Waals surface area contributed by atoms with Crippen LogP contribution in [-0.2, 0) is 4.79 Å². The van der Waals surface area contributed by atoms with Crippen LogP contribution < -0.4 is 10.6 Å². The summed E-state index contributed by atoms with van der Waals surface area (Å²) < 4.78 is 0. The fourth-order valence-corrected chi connectivity index (χ4v) is 2.75. The summed E-state index contributed by atoms with van der Waals surface area (Å²) in [6, 6.07) is 10.7. The number of carbonyl (C=O) groups excluding carboxylic acids is 1. The van der Waals surface area contributed by atoms with Gasteiger partial charge >= 0.3 is 0 Å². The molecule has 114 valence electrons. The van der Waals surface area contributed by atoms with Crippen molar-refractivity contribution in [3.05, 3.63) is 48.6 Å². The van der Waals surface area contributed by atoms with E-state index in [0.29, 0.717) is 19.6 Å². The summed E-state index contributed by atoms with van der Waals surface area (Å²) in [6.45, 7) is 7.51. The Morgan fingerprint density at radius 3 is 2.67 bits per heavy atom. The Morgan fingerprint density at radius 2 is 2.00 bits per heavy atom. The Balaban J connectivity index is 1.90. The quantitative estimate of drug-likeness (QED) is 0.565. The molecule has 1 aliphatic rings. The first-order valence-electron chi connectivity index (χ1n) is 7.68. The molecule has 0 bridgehead atoms. The average molecular weight is 287 g/mol. The Kier molecular flexibility index (Phi) is 6.44. The van der Waals surface area contributed by atoms with E-state index in [2.05, 4.69) is 46.4 Å². The van der Waals surface area contributed by atoms with Crippen LogP contribution in [0, 0.1) is 0 Å². The highest BCUT2D eigenvalue weighted by Gasteiger charge is 2.23. The summed E-state index contributed by atoms with van der Waals surface area (Å²) in [5.74, 6) is 0.0389. The van der Waals surface area contributed by atoms with Crippen molar-refractivity contribution < 1.29 is 4.79 Å². The van der Waals surface area contributed by atoms with Gasteiger partial charge in [0.25, 0.3) is 0 Å². The molecule has 4 heteroatoms. The van der Waals surface area contributed by atoms with Crippen molar-refractivity contribution in [2.75, 3.05) is 32.7 Å². The van der Waals surface area contributed by atoms with Crippen molar-refractivity contribution in [2.24, 2.45) is 0 Å². The number of carbonyl (C=O) groups is 1. The van der Waals surface area contributed by atoms with Gasteiger partial charge in [-0.1, -0.05) is 36.4 Å². The number of nitrogens with zero attached hydrogens (tertiary/aromatic N) is 1. The van der Waals surface area contributed by atoms with E-state index in [9.17, 15) is 4.79 Å². The van der Waals surface area contributed by atoms with E-state index in [1.807, 2.05) is 6.07 Å². The zero-order valence-corrected chi connectivity index (χ0v) is 12.6. The van der Waals surface area contributed by atoms with E-state index >= 15 is 0 Å². The summed E-state index contributed by atoms with van der Waals surface area (Å²) >= 11 is 0. The molecule has 1 fully saturated rings. The first-order valence-corrected chi connectivity index (χ1v) is 7.68. The number of rotatable bonds is 8.